The third-order valence-electron chi connectivity index (χ3n) is 4.13. The highest BCUT2D eigenvalue weighted by molar-refractivity contribution is 5.94. The molecule has 0 bridgehead atoms. The molecular weight excluding hydrogens is 380 g/mol. The molecule has 160 valence electrons. The van der Waals surface area contributed by atoms with Crippen molar-refractivity contribution in [2.24, 2.45) is 5.73 Å². The molecule has 10 nitrogen and oxygen atoms in total. The highest BCUT2D eigenvalue weighted by Crippen LogP contribution is 2.04. The number of rotatable bonds is 10. The lowest BCUT2D eigenvalue weighted by Gasteiger charge is -2.24. The molecule has 0 heterocycles. The molecule has 0 spiro atoms. The molecule has 5 atom stereocenters. The summed E-state index contributed by atoms with van der Waals surface area (Å²) in [6.07, 6.45) is -1.17. The first-order chi connectivity index (χ1) is 13.5. The van der Waals surface area contributed by atoms with Gasteiger partial charge in [-0.05, 0) is 26.3 Å². The van der Waals surface area contributed by atoms with Crippen LogP contribution in [-0.2, 0) is 25.6 Å². The van der Waals surface area contributed by atoms with Crippen molar-refractivity contribution >= 4 is 23.7 Å². The molecule has 10 heteroatoms. The minimum atomic E-state index is -1.32. The minimum absolute atomic E-state index is 0.0727. The zero-order valence-electron chi connectivity index (χ0n) is 16.6. The van der Waals surface area contributed by atoms with E-state index in [1.807, 2.05) is 0 Å². The lowest BCUT2D eigenvalue weighted by Crippen LogP contribution is -2.59. The van der Waals surface area contributed by atoms with Crippen molar-refractivity contribution in [3.63, 3.8) is 0 Å². The van der Waals surface area contributed by atoms with Gasteiger partial charge in [0.25, 0.3) is 0 Å². The Balaban J connectivity index is 2.73. The van der Waals surface area contributed by atoms with Crippen LogP contribution in [0.15, 0.2) is 30.3 Å². The van der Waals surface area contributed by atoms with Crippen LogP contribution in [0.2, 0.25) is 0 Å². The van der Waals surface area contributed by atoms with Crippen molar-refractivity contribution in [2.45, 2.75) is 57.5 Å². The Labute approximate surface area is 168 Å². The second-order valence-corrected chi connectivity index (χ2v) is 6.83. The topological polar surface area (TPSA) is 171 Å². The summed E-state index contributed by atoms with van der Waals surface area (Å²) in [7, 11) is 0. The molecule has 0 saturated carbocycles. The summed E-state index contributed by atoms with van der Waals surface area (Å²) in [6, 6.07) is 4.28. The molecule has 0 aromatic heterocycles. The van der Waals surface area contributed by atoms with Crippen molar-refractivity contribution in [2.75, 3.05) is 0 Å². The second-order valence-electron chi connectivity index (χ2n) is 6.83. The number of hydrogen-bond donors (Lipinski definition) is 6. The first-order valence-electron chi connectivity index (χ1n) is 9.14. The molecule has 0 radical (unpaired) electrons. The average Bonchev–Trinajstić information content (AvgIpc) is 2.65. The summed E-state index contributed by atoms with van der Waals surface area (Å²) in [5.74, 6) is -3.38. The van der Waals surface area contributed by atoms with E-state index in [9.17, 15) is 29.4 Å². The van der Waals surface area contributed by atoms with Gasteiger partial charge in [-0.3, -0.25) is 14.4 Å². The van der Waals surface area contributed by atoms with Gasteiger partial charge in [0, 0.05) is 6.42 Å². The highest BCUT2D eigenvalue weighted by Gasteiger charge is 2.30. The summed E-state index contributed by atoms with van der Waals surface area (Å²) in [4.78, 5) is 47.9. The lowest BCUT2D eigenvalue weighted by atomic mass is 10.1. The van der Waals surface area contributed by atoms with Crippen LogP contribution < -0.4 is 21.7 Å². The van der Waals surface area contributed by atoms with Gasteiger partial charge in [0.2, 0.25) is 17.7 Å². The number of aliphatic hydroxyl groups excluding tert-OH is 1. The first kappa shape index (κ1) is 24.1. The van der Waals surface area contributed by atoms with Gasteiger partial charge in [0.05, 0.1) is 12.1 Å². The van der Waals surface area contributed by atoms with Gasteiger partial charge in [-0.2, -0.15) is 0 Å². The summed E-state index contributed by atoms with van der Waals surface area (Å²) < 4.78 is 0. The highest BCUT2D eigenvalue weighted by atomic mass is 16.4. The number of carbonyl (C=O) groups is 4. The van der Waals surface area contributed by atoms with Crippen LogP contribution in [0.3, 0.4) is 0 Å². The molecule has 0 aliphatic carbocycles. The Kier molecular flexibility index (Phi) is 9.23. The van der Waals surface area contributed by atoms with Crippen molar-refractivity contribution in [1.29, 1.82) is 0 Å². The van der Waals surface area contributed by atoms with E-state index in [-0.39, 0.29) is 6.42 Å². The van der Waals surface area contributed by atoms with Crippen LogP contribution in [0.25, 0.3) is 0 Å². The molecule has 1 aromatic rings. The van der Waals surface area contributed by atoms with Gasteiger partial charge in [-0.1, -0.05) is 30.3 Å². The molecule has 7 N–H and O–H groups in total. The van der Waals surface area contributed by atoms with Gasteiger partial charge in [0.1, 0.15) is 18.1 Å². The fraction of sp³-hybridized carbons (Fsp3) is 0.474. The average molecular weight is 408 g/mol. The van der Waals surface area contributed by atoms with Crippen LogP contribution in [0.4, 0.5) is 0 Å². The maximum atomic E-state index is 12.3. The molecule has 0 saturated heterocycles. The third-order valence-corrected chi connectivity index (χ3v) is 4.13. The van der Waals surface area contributed by atoms with Crippen LogP contribution in [0, 0.1) is 0 Å². The van der Waals surface area contributed by atoms with Gasteiger partial charge in [0.15, 0.2) is 0 Å². The predicted octanol–water partition coefficient (Wildman–Crippen LogP) is -1.48. The normalized spacial score (nSPS) is 15.9. The Bertz CT molecular complexity index is 723. The maximum absolute atomic E-state index is 12.3. The van der Waals surface area contributed by atoms with E-state index in [2.05, 4.69) is 16.0 Å². The minimum Gasteiger partial charge on any atom is -0.480 e. The number of hydrogen-bond acceptors (Lipinski definition) is 6. The van der Waals surface area contributed by atoms with Crippen LogP contribution in [0.5, 0.6) is 0 Å². The molecule has 1 rings (SSSR count). The Morgan fingerprint density at radius 2 is 1.52 bits per heavy atom. The number of aliphatic hydroxyl groups is 1. The zero-order valence-corrected chi connectivity index (χ0v) is 16.6. The van der Waals surface area contributed by atoms with E-state index in [1.165, 1.54) is 20.8 Å². The fourth-order valence-electron chi connectivity index (χ4n) is 2.41. The Morgan fingerprint density at radius 1 is 0.931 bits per heavy atom. The van der Waals surface area contributed by atoms with Crippen molar-refractivity contribution in [3.8, 4) is 0 Å². The smallest absolute Gasteiger partial charge is 0.326 e. The summed E-state index contributed by atoms with van der Waals surface area (Å²) >= 11 is 0. The van der Waals surface area contributed by atoms with Crippen LogP contribution in [0.1, 0.15) is 26.3 Å². The molecule has 3 amide bonds. The SMILES string of the molecule is CC(N)C(=O)NC(C(=O)NC(C)C(=O)NC(Cc1ccccc1)C(=O)O)C(C)O. The number of nitrogens with two attached hydrogens (primary N) is 1. The number of amides is 3. The standard InChI is InChI=1S/C19H28N4O6/c1-10(20)16(25)23-15(12(3)24)18(27)21-11(2)17(26)22-14(19(28)29)9-13-7-5-4-6-8-13/h4-8,10-12,14-15,24H,9,20H2,1-3H3,(H,21,27)(H,22,26)(H,23,25)(H,28,29). The summed E-state index contributed by atoms with van der Waals surface area (Å²) in [5.41, 5.74) is 6.16. The summed E-state index contributed by atoms with van der Waals surface area (Å²) in [6.45, 7) is 4.08. The number of carbonyl (C=O) groups excluding carboxylic acids is 3. The van der Waals surface area contributed by atoms with E-state index in [0.29, 0.717) is 0 Å². The van der Waals surface area contributed by atoms with Crippen molar-refractivity contribution < 1.29 is 29.4 Å². The van der Waals surface area contributed by atoms with Gasteiger partial charge < -0.3 is 31.9 Å². The molecule has 0 fully saturated rings. The number of nitrogens with one attached hydrogen (secondary N) is 3. The third kappa shape index (κ3) is 7.88. The number of carboxylic acids is 1. The second kappa shape index (κ2) is 11.1. The van der Waals surface area contributed by atoms with E-state index < -0.39 is 54.0 Å². The molecular formula is C19H28N4O6. The van der Waals surface area contributed by atoms with E-state index in [1.54, 1.807) is 30.3 Å². The largest absolute Gasteiger partial charge is 0.480 e. The maximum Gasteiger partial charge on any atom is 0.326 e. The van der Waals surface area contributed by atoms with Crippen molar-refractivity contribution in [1.82, 2.24) is 16.0 Å². The van der Waals surface area contributed by atoms with E-state index >= 15 is 0 Å². The van der Waals surface area contributed by atoms with Gasteiger partial charge in [-0.15, -0.1) is 0 Å². The number of carboxylic acid groups (broad SMARTS) is 1. The number of benzene rings is 1. The quantitative estimate of drug-likeness (QED) is 0.274. The van der Waals surface area contributed by atoms with Gasteiger partial charge >= 0.3 is 5.97 Å². The van der Waals surface area contributed by atoms with Crippen molar-refractivity contribution in [3.05, 3.63) is 35.9 Å². The van der Waals surface area contributed by atoms with Gasteiger partial charge in [-0.25, -0.2) is 4.79 Å². The lowest BCUT2D eigenvalue weighted by molar-refractivity contribution is -0.142. The van der Waals surface area contributed by atoms with Crippen LogP contribution >= 0.6 is 0 Å². The molecule has 5 unspecified atom stereocenters. The molecule has 0 aliphatic rings. The summed E-state index contributed by atoms with van der Waals surface area (Å²) in [5, 5.41) is 26.1. The Hall–Kier alpha value is -2.98. The monoisotopic (exact) mass is 408 g/mol. The number of aliphatic carboxylic acids is 1. The fourth-order valence-corrected chi connectivity index (χ4v) is 2.41. The van der Waals surface area contributed by atoms with E-state index in [0.717, 1.165) is 5.56 Å². The van der Waals surface area contributed by atoms with Crippen LogP contribution in [-0.4, -0.2) is 64.2 Å². The Morgan fingerprint density at radius 3 is 2.00 bits per heavy atom. The zero-order chi connectivity index (χ0) is 22.1. The first-order valence-corrected chi connectivity index (χ1v) is 9.14. The molecule has 1 aromatic carbocycles. The molecule has 0 aliphatic heterocycles. The predicted molar refractivity (Wildman–Crippen MR) is 105 cm³/mol. The van der Waals surface area contributed by atoms with E-state index in [4.69, 9.17) is 5.73 Å². The molecule has 29 heavy (non-hydrogen) atoms.